The number of anilines is 1. The van der Waals surface area contributed by atoms with Gasteiger partial charge in [-0.2, -0.15) is 5.10 Å². The second-order valence-corrected chi connectivity index (χ2v) is 10.7. The van der Waals surface area contributed by atoms with Crippen LogP contribution in [-0.2, 0) is 21.4 Å². The Morgan fingerprint density at radius 3 is 1.86 bits per heavy atom. The van der Waals surface area contributed by atoms with Gasteiger partial charge in [-0.15, -0.1) is 0 Å². The normalized spacial score (nSPS) is 13.4. The van der Waals surface area contributed by atoms with E-state index in [4.69, 9.17) is 20.3 Å². The van der Waals surface area contributed by atoms with Crippen molar-refractivity contribution in [1.82, 2.24) is 9.78 Å². The van der Waals surface area contributed by atoms with Crippen molar-refractivity contribution in [1.29, 1.82) is 0 Å². The van der Waals surface area contributed by atoms with E-state index in [0.29, 0.717) is 23.4 Å². The highest BCUT2D eigenvalue weighted by atomic mass is 19.1. The van der Waals surface area contributed by atoms with Crippen molar-refractivity contribution in [3.8, 4) is 0 Å². The zero-order chi connectivity index (χ0) is 29.9. The highest BCUT2D eigenvalue weighted by Crippen LogP contribution is 2.43. The number of nitrogens with two attached hydrogens (primary N) is 1. The highest BCUT2D eigenvalue weighted by Gasteiger charge is 2.41. The first-order chi connectivity index (χ1) is 21.6. The van der Waals surface area contributed by atoms with Gasteiger partial charge in [0, 0.05) is 23.4 Å². The molecule has 0 radical (unpaired) electrons. The summed E-state index contributed by atoms with van der Waals surface area (Å²) in [6, 6.07) is 43.9. The molecule has 0 bridgehead atoms. The van der Waals surface area contributed by atoms with Gasteiger partial charge in [-0.1, -0.05) is 121 Å². The second kappa shape index (κ2) is 11.6. The summed E-state index contributed by atoms with van der Waals surface area (Å²) < 4.78 is 28.6. The fraction of sp³-hybridized carbons (Fsp3) is 0.0789. The van der Waals surface area contributed by atoms with E-state index in [9.17, 15) is 0 Å². The lowest BCUT2D eigenvalue weighted by Gasteiger charge is -2.37. The van der Waals surface area contributed by atoms with Crippen LogP contribution in [0.5, 0.6) is 0 Å². The van der Waals surface area contributed by atoms with Crippen molar-refractivity contribution in [3.05, 3.63) is 185 Å². The summed E-state index contributed by atoms with van der Waals surface area (Å²) in [5.41, 5.74) is 11.5. The van der Waals surface area contributed by atoms with Gasteiger partial charge in [0.25, 0.3) is 0 Å². The number of ether oxygens (including phenoxy) is 2. The molecule has 1 aliphatic heterocycles. The molecule has 216 valence electrons. The molecular weight excluding hydrogens is 549 g/mol. The quantitative estimate of drug-likeness (QED) is 0.146. The van der Waals surface area contributed by atoms with Gasteiger partial charge in [-0.3, -0.25) is 0 Å². The van der Waals surface area contributed by atoms with Crippen LogP contribution in [0.15, 0.2) is 151 Å². The predicted molar refractivity (Wildman–Crippen MR) is 172 cm³/mol. The van der Waals surface area contributed by atoms with Crippen molar-refractivity contribution < 1.29 is 13.9 Å². The Balaban J connectivity index is 1.56. The first kappa shape index (κ1) is 27.2. The third kappa shape index (κ3) is 4.80. The number of nitrogens with zero attached hydrogens (tertiary/aromatic N) is 2. The molecule has 0 atom stereocenters. The molecule has 0 unspecified atom stereocenters. The Kier molecular flexibility index (Phi) is 7.16. The van der Waals surface area contributed by atoms with Gasteiger partial charge in [0.1, 0.15) is 17.6 Å². The number of halogens is 1. The number of benzene rings is 5. The van der Waals surface area contributed by atoms with Crippen molar-refractivity contribution in [2.75, 3.05) is 12.5 Å². The Hall–Kier alpha value is -5.62. The molecule has 2 N–H and O–H groups in total. The van der Waals surface area contributed by atoms with Gasteiger partial charge in [0.2, 0.25) is 6.79 Å². The lowest BCUT2D eigenvalue weighted by atomic mass is 9.77. The van der Waals surface area contributed by atoms with Crippen LogP contribution < -0.4 is 5.73 Å². The number of fused-ring (bicyclic) bond motifs is 1. The van der Waals surface area contributed by atoms with E-state index >= 15 is 4.39 Å². The Labute approximate surface area is 255 Å². The van der Waals surface area contributed by atoms with E-state index in [0.717, 1.165) is 33.2 Å². The van der Waals surface area contributed by atoms with Gasteiger partial charge in [-0.25, -0.2) is 9.07 Å². The molecule has 2 heterocycles. The minimum atomic E-state index is -0.942. The molecule has 6 aromatic rings. The molecule has 0 aliphatic carbocycles. The average molecular weight is 580 g/mol. The number of allylic oxidation sites excluding steroid dienone is 1. The number of aromatic nitrogens is 2. The SMILES string of the molecule is Nc1cc2c(C=C(Cc3ccccc3)C3=COCO3)nn(C(c3ccccc3)(c3ccccc3)c3ccccc3)c2cc1F. The van der Waals surface area contributed by atoms with E-state index in [1.807, 2.05) is 83.6 Å². The minimum Gasteiger partial charge on any atom is -0.461 e. The van der Waals surface area contributed by atoms with E-state index < -0.39 is 11.4 Å². The molecule has 44 heavy (non-hydrogen) atoms. The van der Waals surface area contributed by atoms with Crippen LogP contribution >= 0.6 is 0 Å². The molecule has 0 fully saturated rings. The molecule has 0 spiro atoms. The zero-order valence-electron chi connectivity index (χ0n) is 23.9. The first-order valence-corrected chi connectivity index (χ1v) is 14.5. The first-order valence-electron chi connectivity index (χ1n) is 14.5. The standard InChI is InChI=1S/C38H30FN3O2/c39-33-24-36-32(23-34(33)40)35(22-28(37-25-43-26-44-37)21-27-13-5-1-6-14-27)41-42(36)38(29-15-7-2-8-16-29,30-17-9-3-10-18-30)31-19-11-4-12-20-31/h1-20,22-25H,21,26,40H2. The molecular formula is C38H30FN3O2. The fourth-order valence-corrected chi connectivity index (χ4v) is 6.04. The molecule has 5 aromatic carbocycles. The maximum atomic E-state index is 15.4. The summed E-state index contributed by atoms with van der Waals surface area (Å²) in [4.78, 5) is 0. The van der Waals surface area contributed by atoms with Crippen molar-refractivity contribution in [3.63, 3.8) is 0 Å². The van der Waals surface area contributed by atoms with Crippen LogP contribution in [0.25, 0.3) is 17.0 Å². The van der Waals surface area contributed by atoms with E-state index in [1.54, 1.807) is 12.3 Å². The number of hydrogen-bond acceptors (Lipinski definition) is 4. The largest absolute Gasteiger partial charge is 0.461 e. The van der Waals surface area contributed by atoms with E-state index in [1.165, 1.54) is 6.07 Å². The van der Waals surface area contributed by atoms with E-state index in [2.05, 4.69) is 48.5 Å². The van der Waals surface area contributed by atoms with Gasteiger partial charge >= 0.3 is 0 Å². The van der Waals surface area contributed by atoms with E-state index in [-0.39, 0.29) is 12.5 Å². The van der Waals surface area contributed by atoms with Crippen molar-refractivity contribution >= 4 is 22.7 Å². The molecule has 1 aliphatic rings. The Morgan fingerprint density at radius 1 is 0.795 bits per heavy atom. The van der Waals surface area contributed by atoms with Gasteiger partial charge < -0.3 is 15.2 Å². The van der Waals surface area contributed by atoms with Crippen LogP contribution in [0.3, 0.4) is 0 Å². The van der Waals surface area contributed by atoms with Crippen LogP contribution in [0.4, 0.5) is 10.1 Å². The van der Waals surface area contributed by atoms with Crippen LogP contribution in [0, 0.1) is 5.82 Å². The molecule has 6 heteroatoms. The predicted octanol–water partition coefficient (Wildman–Crippen LogP) is 8.07. The summed E-state index contributed by atoms with van der Waals surface area (Å²) in [5, 5.41) is 6.04. The molecule has 1 aromatic heterocycles. The summed E-state index contributed by atoms with van der Waals surface area (Å²) in [6.07, 6.45) is 4.21. The summed E-state index contributed by atoms with van der Waals surface area (Å²) in [7, 11) is 0. The average Bonchev–Trinajstić information content (AvgIpc) is 3.73. The maximum Gasteiger partial charge on any atom is 0.230 e. The summed E-state index contributed by atoms with van der Waals surface area (Å²) in [5.74, 6) is 0.129. The maximum absolute atomic E-state index is 15.4. The molecule has 0 amide bonds. The zero-order valence-corrected chi connectivity index (χ0v) is 23.9. The lowest BCUT2D eigenvalue weighted by Crippen LogP contribution is -2.38. The Morgan fingerprint density at radius 2 is 1.34 bits per heavy atom. The number of hydrogen-bond donors (Lipinski definition) is 1. The van der Waals surface area contributed by atoms with Gasteiger partial charge in [0.15, 0.2) is 5.76 Å². The minimum absolute atomic E-state index is 0.0562. The fourth-order valence-electron chi connectivity index (χ4n) is 6.04. The topological polar surface area (TPSA) is 62.3 Å². The highest BCUT2D eigenvalue weighted by molar-refractivity contribution is 5.91. The van der Waals surface area contributed by atoms with Gasteiger partial charge in [0.05, 0.1) is 16.9 Å². The smallest absolute Gasteiger partial charge is 0.230 e. The summed E-state index contributed by atoms with van der Waals surface area (Å²) >= 11 is 0. The Bertz CT molecular complexity index is 1870. The molecule has 0 saturated heterocycles. The van der Waals surface area contributed by atoms with Crippen LogP contribution in [0.2, 0.25) is 0 Å². The van der Waals surface area contributed by atoms with Crippen molar-refractivity contribution in [2.45, 2.75) is 12.0 Å². The van der Waals surface area contributed by atoms with Crippen molar-refractivity contribution in [2.24, 2.45) is 0 Å². The third-order valence-electron chi connectivity index (χ3n) is 8.06. The number of rotatable bonds is 8. The second-order valence-electron chi connectivity index (χ2n) is 10.7. The summed E-state index contributed by atoms with van der Waals surface area (Å²) in [6.45, 7) is 0.147. The molecule has 5 nitrogen and oxygen atoms in total. The van der Waals surface area contributed by atoms with Gasteiger partial charge in [-0.05, 0) is 34.4 Å². The number of nitrogen functional groups attached to an aromatic ring is 1. The third-order valence-corrected chi connectivity index (χ3v) is 8.06. The molecule has 7 rings (SSSR count). The molecule has 0 saturated carbocycles. The monoisotopic (exact) mass is 579 g/mol. The van der Waals surface area contributed by atoms with Crippen LogP contribution in [-0.4, -0.2) is 16.6 Å². The van der Waals surface area contributed by atoms with Crippen LogP contribution in [0.1, 0.15) is 27.9 Å². The lowest BCUT2D eigenvalue weighted by molar-refractivity contribution is 0.0830.